The van der Waals surface area contributed by atoms with Gasteiger partial charge in [0.15, 0.2) is 0 Å². The first-order valence-electron chi connectivity index (χ1n) is 7.30. The number of rotatable bonds is 5. The maximum atomic E-state index is 12.4. The van der Waals surface area contributed by atoms with Gasteiger partial charge >= 0.3 is 0 Å². The molecule has 0 bridgehead atoms. The molecule has 19 heavy (non-hydrogen) atoms. The van der Waals surface area contributed by atoms with E-state index in [4.69, 9.17) is 0 Å². The van der Waals surface area contributed by atoms with E-state index in [1.165, 1.54) is 5.56 Å². The van der Waals surface area contributed by atoms with Crippen molar-refractivity contribution in [1.29, 1.82) is 0 Å². The Morgan fingerprint density at radius 3 is 2.84 bits per heavy atom. The summed E-state index contributed by atoms with van der Waals surface area (Å²) < 4.78 is 0. The minimum Gasteiger partial charge on any atom is -0.336 e. The minimum atomic E-state index is 0.259. The summed E-state index contributed by atoms with van der Waals surface area (Å²) in [6.45, 7) is 5.96. The number of carbonyl (C=O) groups is 1. The average molecular weight is 260 g/mol. The second kappa shape index (κ2) is 6.71. The van der Waals surface area contributed by atoms with Crippen LogP contribution in [-0.2, 0) is 4.79 Å². The first kappa shape index (κ1) is 14.1. The van der Waals surface area contributed by atoms with Gasteiger partial charge in [-0.05, 0) is 31.9 Å². The number of benzene rings is 1. The van der Waals surface area contributed by atoms with Gasteiger partial charge < -0.3 is 10.2 Å². The molecule has 3 heteroatoms. The molecular formula is C16H24N2O. The number of carbonyl (C=O) groups excluding carboxylic acids is 1. The Labute approximate surface area is 116 Å². The van der Waals surface area contributed by atoms with Gasteiger partial charge in [0.1, 0.15) is 0 Å². The SMILES string of the molecule is CCNC(C)CC(=O)N1CCCC1c1ccccc1. The lowest BCUT2D eigenvalue weighted by Gasteiger charge is -2.26. The van der Waals surface area contributed by atoms with Gasteiger partial charge in [-0.1, -0.05) is 37.3 Å². The zero-order valence-corrected chi connectivity index (χ0v) is 11.9. The summed E-state index contributed by atoms with van der Waals surface area (Å²) in [6.07, 6.45) is 2.80. The lowest BCUT2D eigenvalue weighted by molar-refractivity contribution is -0.132. The van der Waals surface area contributed by atoms with Crippen LogP contribution in [0.4, 0.5) is 0 Å². The van der Waals surface area contributed by atoms with Crippen molar-refractivity contribution < 1.29 is 4.79 Å². The molecule has 0 saturated carbocycles. The van der Waals surface area contributed by atoms with Crippen molar-refractivity contribution in [2.24, 2.45) is 0 Å². The highest BCUT2D eigenvalue weighted by Gasteiger charge is 2.29. The lowest BCUT2D eigenvalue weighted by Crippen LogP contribution is -2.36. The third-order valence-electron chi connectivity index (χ3n) is 3.79. The maximum Gasteiger partial charge on any atom is 0.224 e. The molecule has 1 aromatic rings. The molecule has 1 aliphatic rings. The average Bonchev–Trinajstić information content (AvgIpc) is 2.89. The Morgan fingerprint density at radius 2 is 2.16 bits per heavy atom. The van der Waals surface area contributed by atoms with Crippen LogP contribution in [0.15, 0.2) is 30.3 Å². The molecule has 1 heterocycles. The molecule has 0 aromatic heterocycles. The fourth-order valence-corrected chi connectivity index (χ4v) is 2.89. The van der Waals surface area contributed by atoms with Crippen LogP contribution in [0.5, 0.6) is 0 Å². The molecule has 1 fully saturated rings. The quantitative estimate of drug-likeness (QED) is 0.883. The zero-order chi connectivity index (χ0) is 13.7. The van der Waals surface area contributed by atoms with E-state index < -0.39 is 0 Å². The Morgan fingerprint density at radius 1 is 1.42 bits per heavy atom. The van der Waals surface area contributed by atoms with E-state index in [1.807, 2.05) is 6.07 Å². The van der Waals surface area contributed by atoms with Crippen molar-refractivity contribution in [2.75, 3.05) is 13.1 Å². The lowest BCUT2D eigenvalue weighted by atomic mass is 10.0. The van der Waals surface area contributed by atoms with Gasteiger partial charge in [0.05, 0.1) is 6.04 Å². The summed E-state index contributed by atoms with van der Waals surface area (Å²) >= 11 is 0. The third kappa shape index (κ3) is 3.57. The van der Waals surface area contributed by atoms with Crippen LogP contribution >= 0.6 is 0 Å². The molecule has 1 amide bonds. The van der Waals surface area contributed by atoms with Gasteiger partial charge in [0, 0.05) is 19.0 Å². The molecule has 1 saturated heterocycles. The molecule has 1 aliphatic heterocycles. The van der Waals surface area contributed by atoms with E-state index in [0.717, 1.165) is 25.9 Å². The minimum absolute atomic E-state index is 0.259. The Hall–Kier alpha value is -1.35. The van der Waals surface area contributed by atoms with Crippen molar-refractivity contribution >= 4 is 5.91 Å². The van der Waals surface area contributed by atoms with Crippen LogP contribution in [0.3, 0.4) is 0 Å². The van der Waals surface area contributed by atoms with Crippen LogP contribution in [-0.4, -0.2) is 29.9 Å². The van der Waals surface area contributed by atoms with Crippen molar-refractivity contribution in [1.82, 2.24) is 10.2 Å². The Kier molecular flexibility index (Phi) is 4.97. The third-order valence-corrected chi connectivity index (χ3v) is 3.79. The molecule has 0 radical (unpaired) electrons. The second-order valence-electron chi connectivity index (χ2n) is 5.32. The fourth-order valence-electron chi connectivity index (χ4n) is 2.89. The van der Waals surface area contributed by atoms with E-state index in [1.54, 1.807) is 0 Å². The first-order valence-corrected chi connectivity index (χ1v) is 7.30. The molecule has 2 unspecified atom stereocenters. The summed E-state index contributed by atoms with van der Waals surface area (Å²) in [5.74, 6) is 0.278. The van der Waals surface area contributed by atoms with Gasteiger partial charge in [0.25, 0.3) is 0 Å². The van der Waals surface area contributed by atoms with E-state index >= 15 is 0 Å². The highest BCUT2D eigenvalue weighted by molar-refractivity contribution is 5.77. The van der Waals surface area contributed by atoms with Crippen molar-refractivity contribution in [2.45, 2.75) is 45.2 Å². The zero-order valence-electron chi connectivity index (χ0n) is 11.9. The molecule has 104 valence electrons. The standard InChI is InChI=1S/C16H24N2O/c1-3-17-13(2)12-16(19)18-11-7-10-15(18)14-8-5-4-6-9-14/h4-6,8-9,13,15,17H,3,7,10-12H2,1-2H3. The van der Waals surface area contributed by atoms with E-state index in [9.17, 15) is 4.79 Å². The molecule has 2 rings (SSSR count). The number of likely N-dealkylation sites (tertiary alicyclic amines) is 1. The Bertz CT molecular complexity index is 404. The number of hydrogen-bond donors (Lipinski definition) is 1. The summed E-state index contributed by atoms with van der Waals surface area (Å²) in [4.78, 5) is 14.5. The topological polar surface area (TPSA) is 32.3 Å². The molecule has 2 atom stereocenters. The highest BCUT2D eigenvalue weighted by atomic mass is 16.2. The molecule has 0 aliphatic carbocycles. The molecule has 1 N–H and O–H groups in total. The number of amides is 1. The fraction of sp³-hybridized carbons (Fsp3) is 0.562. The van der Waals surface area contributed by atoms with Crippen LogP contribution in [0.25, 0.3) is 0 Å². The van der Waals surface area contributed by atoms with E-state index in [-0.39, 0.29) is 18.0 Å². The van der Waals surface area contributed by atoms with E-state index in [2.05, 4.69) is 48.3 Å². The van der Waals surface area contributed by atoms with Gasteiger partial charge in [-0.2, -0.15) is 0 Å². The predicted molar refractivity (Wildman–Crippen MR) is 77.9 cm³/mol. The van der Waals surface area contributed by atoms with Crippen molar-refractivity contribution in [3.05, 3.63) is 35.9 Å². The highest BCUT2D eigenvalue weighted by Crippen LogP contribution is 2.32. The molecular weight excluding hydrogens is 236 g/mol. The molecule has 3 nitrogen and oxygen atoms in total. The van der Waals surface area contributed by atoms with E-state index in [0.29, 0.717) is 6.42 Å². The summed E-state index contributed by atoms with van der Waals surface area (Å²) in [6, 6.07) is 10.9. The molecule has 0 spiro atoms. The predicted octanol–water partition coefficient (Wildman–Crippen LogP) is 2.74. The monoisotopic (exact) mass is 260 g/mol. The number of nitrogens with zero attached hydrogens (tertiary/aromatic N) is 1. The van der Waals surface area contributed by atoms with Gasteiger partial charge in [-0.3, -0.25) is 4.79 Å². The van der Waals surface area contributed by atoms with Crippen molar-refractivity contribution in [3.8, 4) is 0 Å². The van der Waals surface area contributed by atoms with Crippen molar-refractivity contribution in [3.63, 3.8) is 0 Å². The van der Waals surface area contributed by atoms with Gasteiger partial charge in [0.2, 0.25) is 5.91 Å². The largest absolute Gasteiger partial charge is 0.336 e. The normalized spacial score (nSPS) is 20.5. The first-order chi connectivity index (χ1) is 9.22. The van der Waals surface area contributed by atoms with Crippen LogP contribution in [0.1, 0.15) is 44.7 Å². The number of nitrogens with one attached hydrogen (secondary N) is 1. The number of hydrogen-bond acceptors (Lipinski definition) is 2. The maximum absolute atomic E-state index is 12.4. The smallest absolute Gasteiger partial charge is 0.224 e. The summed E-state index contributed by atoms with van der Waals surface area (Å²) in [7, 11) is 0. The molecule has 1 aromatic carbocycles. The second-order valence-corrected chi connectivity index (χ2v) is 5.32. The van der Waals surface area contributed by atoms with Gasteiger partial charge in [-0.25, -0.2) is 0 Å². The van der Waals surface area contributed by atoms with Crippen LogP contribution < -0.4 is 5.32 Å². The Balaban J connectivity index is 2.01. The summed E-state index contributed by atoms with van der Waals surface area (Å²) in [5.41, 5.74) is 1.27. The van der Waals surface area contributed by atoms with Crippen LogP contribution in [0, 0.1) is 0 Å². The summed E-state index contributed by atoms with van der Waals surface area (Å²) in [5, 5.41) is 3.31. The van der Waals surface area contributed by atoms with Crippen LogP contribution in [0.2, 0.25) is 0 Å². The van der Waals surface area contributed by atoms with Gasteiger partial charge in [-0.15, -0.1) is 0 Å².